The molecule has 3 rings (SSSR count). The molecular formula is C18H12ClFN2O2S. The van der Waals surface area contributed by atoms with E-state index in [1.54, 1.807) is 24.3 Å². The molecule has 2 aromatic carbocycles. The minimum atomic E-state index is -0.735. The van der Waals surface area contributed by atoms with Gasteiger partial charge in [0.05, 0.1) is 10.6 Å². The van der Waals surface area contributed by atoms with Crippen LogP contribution in [0.3, 0.4) is 0 Å². The van der Waals surface area contributed by atoms with Crippen LogP contribution in [0.5, 0.6) is 0 Å². The molecule has 25 heavy (non-hydrogen) atoms. The van der Waals surface area contributed by atoms with Crippen LogP contribution in [-0.4, -0.2) is 11.8 Å². The number of nitrogens with two attached hydrogens (primary N) is 1. The third-order valence-electron chi connectivity index (χ3n) is 3.44. The van der Waals surface area contributed by atoms with Gasteiger partial charge in [-0.3, -0.25) is 9.59 Å². The van der Waals surface area contributed by atoms with Gasteiger partial charge in [0.2, 0.25) is 5.91 Å². The molecule has 0 aliphatic rings. The molecule has 3 N–H and O–H groups in total. The first-order chi connectivity index (χ1) is 11.9. The first-order valence-corrected chi connectivity index (χ1v) is 8.40. The molecule has 0 atom stereocenters. The van der Waals surface area contributed by atoms with Crippen molar-refractivity contribution in [1.82, 2.24) is 0 Å². The van der Waals surface area contributed by atoms with Crippen LogP contribution in [-0.2, 0) is 0 Å². The minimum Gasteiger partial charge on any atom is -0.366 e. The normalized spacial score (nSPS) is 10.5. The van der Waals surface area contributed by atoms with Gasteiger partial charge in [-0.25, -0.2) is 4.39 Å². The number of benzene rings is 2. The first-order valence-electron chi connectivity index (χ1n) is 7.20. The second-order valence-corrected chi connectivity index (χ2v) is 6.71. The van der Waals surface area contributed by atoms with Gasteiger partial charge in [-0.2, -0.15) is 0 Å². The SMILES string of the molecule is NC(=O)c1ccc(NC(=O)c2ccc(-c3cccc(Cl)c3)s2)c(F)c1. The molecule has 1 aromatic heterocycles. The van der Waals surface area contributed by atoms with E-state index in [-0.39, 0.29) is 11.3 Å². The van der Waals surface area contributed by atoms with Crippen molar-refractivity contribution in [3.63, 3.8) is 0 Å². The highest BCUT2D eigenvalue weighted by Gasteiger charge is 2.14. The van der Waals surface area contributed by atoms with Gasteiger partial charge in [-0.1, -0.05) is 23.7 Å². The Hall–Kier alpha value is -2.70. The minimum absolute atomic E-state index is 0.0206. The second kappa shape index (κ2) is 7.04. The third kappa shape index (κ3) is 3.87. The van der Waals surface area contributed by atoms with Gasteiger partial charge in [0.1, 0.15) is 5.82 Å². The zero-order chi connectivity index (χ0) is 18.0. The van der Waals surface area contributed by atoms with Crippen LogP contribution in [0.15, 0.2) is 54.6 Å². The van der Waals surface area contributed by atoms with E-state index in [1.165, 1.54) is 23.5 Å². The number of amides is 2. The van der Waals surface area contributed by atoms with E-state index >= 15 is 0 Å². The third-order valence-corrected chi connectivity index (χ3v) is 4.81. The molecule has 7 heteroatoms. The highest BCUT2D eigenvalue weighted by atomic mass is 35.5. The van der Waals surface area contributed by atoms with Gasteiger partial charge in [-0.15, -0.1) is 11.3 Å². The Morgan fingerprint density at radius 2 is 1.88 bits per heavy atom. The predicted octanol–water partition coefficient (Wildman–Crippen LogP) is 4.56. The van der Waals surface area contributed by atoms with Crippen molar-refractivity contribution in [2.45, 2.75) is 0 Å². The number of halogens is 2. The number of hydrogen-bond donors (Lipinski definition) is 2. The van der Waals surface area contributed by atoms with Gasteiger partial charge >= 0.3 is 0 Å². The molecule has 126 valence electrons. The molecule has 0 saturated heterocycles. The van der Waals surface area contributed by atoms with Crippen LogP contribution in [0.4, 0.5) is 10.1 Å². The lowest BCUT2D eigenvalue weighted by Gasteiger charge is -2.06. The van der Waals surface area contributed by atoms with Crippen molar-refractivity contribution < 1.29 is 14.0 Å². The number of carbonyl (C=O) groups excluding carboxylic acids is 2. The summed E-state index contributed by atoms with van der Waals surface area (Å²) < 4.78 is 14.0. The number of primary amides is 1. The van der Waals surface area contributed by atoms with Gasteiger partial charge in [0, 0.05) is 15.5 Å². The average molecular weight is 375 g/mol. The van der Waals surface area contributed by atoms with Crippen molar-refractivity contribution in [2.75, 3.05) is 5.32 Å². The monoisotopic (exact) mass is 374 g/mol. The maximum atomic E-state index is 14.0. The molecule has 0 radical (unpaired) electrons. The topological polar surface area (TPSA) is 72.2 Å². The quantitative estimate of drug-likeness (QED) is 0.702. The zero-order valence-corrected chi connectivity index (χ0v) is 14.3. The van der Waals surface area contributed by atoms with Crippen molar-refractivity contribution in [3.8, 4) is 10.4 Å². The summed E-state index contributed by atoms with van der Waals surface area (Å²) in [6.07, 6.45) is 0. The molecule has 0 aliphatic heterocycles. The first kappa shape index (κ1) is 17.1. The van der Waals surface area contributed by atoms with E-state index in [0.717, 1.165) is 16.5 Å². The fraction of sp³-hybridized carbons (Fsp3) is 0. The van der Waals surface area contributed by atoms with Gasteiger partial charge in [-0.05, 0) is 48.0 Å². The summed E-state index contributed by atoms with van der Waals surface area (Å²) in [5, 5.41) is 3.09. The lowest BCUT2D eigenvalue weighted by molar-refractivity contribution is 0.0998. The lowest BCUT2D eigenvalue weighted by atomic mass is 10.2. The molecule has 1 heterocycles. The smallest absolute Gasteiger partial charge is 0.265 e. The molecule has 3 aromatic rings. The Bertz CT molecular complexity index is 971. The maximum Gasteiger partial charge on any atom is 0.265 e. The van der Waals surface area contributed by atoms with E-state index in [9.17, 15) is 14.0 Å². The molecule has 0 spiro atoms. The Labute approximate surface area is 152 Å². The molecule has 0 bridgehead atoms. The van der Waals surface area contributed by atoms with Gasteiger partial charge in [0.25, 0.3) is 5.91 Å². The summed E-state index contributed by atoms with van der Waals surface area (Å²) in [7, 11) is 0. The summed E-state index contributed by atoms with van der Waals surface area (Å²) in [5.41, 5.74) is 6.01. The number of thiophene rings is 1. The molecule has 0 saturated carbocycles. The van der Waals surface area contributed by atoms with E-state index in [1.807, 2.05) is 12.1 Å². The lowest BCUT2D eigenvalue weighted by Crippen LogP contribution is -2.14. The number of nitrogens with one attached hydrogen (secondary N) is 1. The van der Waals surface area contributed by atoms with Gasteiger partial charge < -0.3 is 11.1 Å². The molecule has 2 amide bonds. The van der Waals surface area contributed by atoms with E-state index in [0.29, 0.717) is 9.90 Å². The van der Waals surface area contributed by atoms with E-state index in [2.05, 4.69) is 5.32 Å². The van der Waals surface area contributed by atoms with Crippen LogP contribution in [0, 0.1) is 5.82 Å². The van der Waals surface area contributed by atoms with Crippen molar-refractivity contribution >= 4 is 40.4 Å². The summed E-state index contributed by atoms with van der Waals surface area (Å²) in [6.45, 7) is 0. The van der Waals surface area contributed by atoms with Crippen molar-refractivity contribution in [1.29, 1.82) is 0 Å². The number of hydrogen-bond acceptors (Lipinski definition) is 3. The highest BCUT2D eigenvalue weighted by molar-refractivity contribution is 7.17. The van der Waals surface area contributed by atoms with Crippen LogP contribution < -0.4 is 11.1 Å². The van der Waals surface area contributed by atoms with Crippen molar-refractivity contribution in [2.24, 2.45) is 5.73 Å². The fourth-order valence-electron chi connectivity index (χ4n) is 2.21. The van der Waals surface area contributed by atoms with Crippen LogP contribution >= 0.6 is 22.9 Å². The van der Waals surface area contributed by atoms with E-state index < -0.39 is 17.6 Å². The molecule has 4 nitrogen and oxygen atoms in total. The number of rotatable bonds is 4. The Kier molecular flexibility index (Phi) is 4.83. The zero-order valence-electron chi connectivity index (χ0n) is 12.8. The standard InChI is InChI=1S/C18H12ClFN2O2S/c19-12-3-1-2-10(8-12)15-6-7-16(25-15)18(24)22-14-5-4-11(17(21)23)9-13(14)20/h1-9H,(H2,21,23)(H,22,24). The summed E-state index contributed by atoms with van der Waals surface area (Å²) >= 11 is 7.24. The Balaban J connectivity index is 1.79. The number of carbonyl (C=O) groups is 2. The van der Waals surface area contributed by atoms with Crippen LogP contribution in [0.25, 0.3) is 10.4 Å². The number of anilines is 1. The average Bonchev–Trinajstić information content (AvgIpc) is 3.06. The predicted molar refractivity (Wildman–Crippen MR) is 97.6 cm³/mol. The summed E-state index contributed by atoms with van der Waals surface area (Å²) in [6, 6.07) is 14.4. The Morgan fingerprint density at radius 3 is 2.56 bits per heavy atom. The maximum absolute atomic E-state index is 14.0. The molecular weight excluding hydrogens is 363 g/mol. The summed E-state index contributed by atoms with van der Waals surface area (Å²) in [4.78, 5) is 24.6. The molecule has 0 fully saturated rings. The highest BCUT2D eigenvalue weighted by Crippen LogP contribution is 2.30. The van der Waals surface area contributed by atoms with Gasteiger partial charge in [0.15, 0.2) is 0 Å². The van der Waals surface area contributed by atoms with Crippen molar-refractivity contribution in [3.05, 3.63) is 75.9 Å². The van der Waals surface area contributed by atoms with E-state index in [4.69, 9.17) is 17.3 Å². The largest absolute Gasteiger partial charge is 0.366 e. The van der Waals surface area contributed by atoms with Crippen LogP contribution in [0.2, 0.25) is 5.02 Å². The fourth-order valence-corrected chi connectivity index (χ4v) is 3.30. The molecule has 0 unspecified atom stereocenters. The molecule has 0 aliphatic carbocycles. The van der Waals surface area contributed by atoms with Crippen LogP contribution in [0.1, 0.15) is 20.0 Å². The summed E-state index contributed by atoms with van der Waals surface area (Å²) in [5.74, 6) is -1.90. The second-order valence-electron chi connectivity index (χ2n) is 5.19. The Morgan fingerprint density at radius 1 is 1.08 bits per heavy atom.